The van der Waals surface area contributed by atoms with Crippen LogP contribution >= 0.6 is 11.6 Å². The highest BCUT2D eigenvalue weighted by Gasteiger charge is 2.18. The van der Waals surface area contributed by atoms with Crippen molar-refractivity contribution in [1.82, 2.24) is 0 Å². The number of hydrogen-bond acceptors (Lipinski definition) is 1. The van der Waals surface area contributed by atoms with E-state index >= 15 is 0 Å². The predicted molar refractivity (Wildman–Crippen MR) is 74.5 cm³/mol. The van der Waals surface area contributed by atoms with Crippen molar-refractivity contribution in [2.75, 3.05) is 0 Å². The quantitative estimate of drug-likeness (QED) is 0.762. The molecule has 1 nitrogen and oxygen atoms in total. The summed E-state index contributed by atoms with van der Waals surface area (Å²) in [5.41, 5.74) is 1.05. The van der Waals surface area contributed by atoms with Crippen molar-refractivity contribution in [2.45, 2.75) is 52.1 Å². The van der Waals surface area contributed by atoms with Crippen LogP contribution in [-0.2, 0) is 6.42 Å². The molecule has 1 unspecified atom stereocenters. The molecule has 0 amide bonds. The van der Waals surface area contributed by atoms with Crippen molar-refractivity contribution in [2.24, 2.45) is 5.92 Å². The summed E-state index contributed by atoms with van der Waals surface area (Å²) in [5.74, 6) is 0.404. The second-order valence-electron chi connectivity index (χ2n) is 4.70. The van der Waals surface area contributed by atoms with E-state index in [9.17, 15) is 5.11 Å². The Hall–Kier alpha value is -0.530. The third-order valence-electron chi connectivity index (χ3n) is 3.25. The molecule has 0 saturated heterocycles. The van der Waals surface area contributed by atoms with Gasteiger partial charge in [-0.25, -0.2) is 0 Å². The van der Waals surface area contributed by atoms with E-state index in [2.05, 4.69) is 13.8 Å². The molecule has 1 rings (SSSR count). The maximum Gasteiger partial charge on any atom is 0.0609 e. The highest BCUT2D eigenvalue weighted by molar-refractivity contribution is 6.31. The minimum atomic E-state index is -0.269. The Bertz CT molecular complexity index is 318. The summed E-state index contributed by atoms with van der Waals surface area (Å²) in [6.45, 7) is 4.34. The molecule has 96 valence electrons. The molecule has 0 aliphatic heterocycles. The maximum atomic E-state index is 10.3. The SMILES string of the molecule is CCCC(CCC)C(O)Cc1ccccc1Cl. The summed E-state index contributed by atoms with van der Waals surface area (Å²) in [4.78, 5) is 0. The lowest BCUT2D eigenvalue weighted by Crippen LogP contribution is -2.23. The summed E-state index contributed by atoms with van der Waals surface area (Å²) in [6, 6.07) is 7.79. The minimum Gasteiger partial charge on any atom is -0.392 e. The lowest BCUT2D eigenvalue weighted by Gasteiger charge is -2.22. The largest absolute Gasteiger partial charge is 0.392 e. The second kappa shape index (κ2) is 7.73. The first-order chi connectivity index (χ1) is 8.19. The van der Waals surface area contributed by atoms with E-state index < -0.39 is 0 Å². The van der Waals surface area contributed by atoms with Gasteiger partial charge in [-0.15, -0.1) is 0 Å². The van der Waals surface area contributed by atoms with Crippen molar-refractivity contribution in [3.63, 3.8) is 0 Å². The minimum absolute atomic E-state index is 0.269. The maximum absolute atomic E-state index is 10.3. The molecule has 0 fully saturated rings. The fraction of sp³-hybridized carbons (Fsp3) is 0.600. The van der Waals surface area contributed by atoms with Crippen LogP contribution in [0.4, 0.5) is 0 Å². The van der Waals surface area contributed by atoms with Crippen molar-refractivity contribution in [1.29, 1.82) is 0 Å². The van der Waals surface area contributed by atoms with E-state index in [0.717, 1.165) is 36.3 Å². The second-order valence-corrected chi connectivity index (χ2v) is 5.11. The average molecular weight is 255 g/mol. The summed E-state index contributed by atoms with van der Waals surface area (Å²) in [7, 11) is 0. The molecule has 1 atom stereocenters. The van der Waals surface area contributed by atoms with Gasteiger partial charge in [-0.05, 0) is 30.4 Å². The van der Waals surface area contributed by atoms with Crippen LogP contribution in [0.3, 0.4) is 0 Å². The van der Waals surface area contributed by atoms with Crippen LogP contribution < -0.4 is 0 Å². The monoisotopic (exact) mass is 254 g/mol. The summed E-state index contributed by atoms with van der Waals surface area (Å²) in [5, 5.41) is 11.1. The Kier molecular flexibility index (Phi) is 6.61. The number of aliphatic hydroxyl groups excluding tert-OH is 1. The molecule has 1 aromatic carbocycles. The molecule has 0 aromatic heterocycles. The first-order valence-corrected chi connectivity index (χ1v) is 6.98. The Morgan fingerprint density at radius 2 is 1.71 bits per heavy atom. The van der Waals surface area contributed by atoms with E-state index in [-0.39, 0.29) is 6.10 Å². The molecule has 0 saturated carbocycles. The van der Waals surface area contributed by atoms with E-state index in [0.29, 0.717) is 12.3 Å². The molecule has 0 radical (unpaired) electrons. The average Bonchev–Trinajstić information content (AvgIpc) is 2.32. The lowest BCUT2D eigenvalue weighted by atomic mass is 9.89. The molecule has 0 heterocycles. The molecule has 0 bridgehead atoms. The van der Waals surface area contributed by atoms with Gasteiger partial charge in [-0.3, -0.25) is 0 Å². The van der Waals surface area contributed by atoms with Crippen LogP contribution in [0.25, 0.3) is 0 Å². The van der Waals surface area contributed by atoms with Gasteiger partial charge < -0.3 is 5.11 Å². The Labute approximate surface area is 110 Å². The molecule has 0 spiro atoms. The molecule has 1 aromatic rings. The van der Waals surface area contributed by atoms with Gasteiger partial charge in [0.05, 0.1) is 6.10 Å². The smallest absolute Gasteiger partial charge is 0.0609 e. The van der Waals surface area contributed by atoms with Crippen LogP contribution in [0.5, 0.6) is 0 Å². The molecule has 1 N–H and O–H groups in total. The van der Waals surface area contributed by atoms with Gasteiger partial charge in [0.25, 0.3) is 0 Å². The third-order valence-corrected chi connectivity index (χ3v) is 3.62. The highest BCUT2D eigenvalue weighted by atomic mass is 35.5. The van der Waals surface area contributed by atoms with Gasteiger partial charge in [0.2, 0.25) is 0 Å². The van der Waals surface area contributed by atoms with Crippen molar-refractivity contribution < 1.29 is 5.11 Å². The summed E-state index contributed by atoms with van der Waals surface area (Å²) >= 11 is 6.12. The molecular formula is C15H23ClO. The normalized spacial score (nSPS) is 13.0. The zero-order valence-corrected chi connectivity index (χ0v) is 11.6. The number of hydrogen-bond donors (Lipinski definition) is 1. The fourth-order valence-electron chi connectivity index (χ4n) is 2.33. The molecule has 0 aliphatic carbocycles. The van der Waals surface area contributed by atoms with Gasteiger partial charge >= 0.3 is 0 Å². The van der Waals surface area contributed by atoms with E-state index in [1.807, 2.05) is 24.3 Å². The van der Waals surface area contributed by atoms with E-state index in [4.69, 9.17) is 11.6 Å². The Balaban J connectivity index is 2.62. The highest BCUT2D eigenvalue weighted by Crippen LogP contribution is 2.23. The zero-order valence-electron chi connectivity index (χ0n) is 10.8. The number of halogens is 1. The van der Waals surface area contributed by atoms with Crippen LogP contribution in [0, 0.1) is 5.92 Å². The molecule has 2 heteroatoms. The third kappa shape index (κ3) is 4.69. The van der Waals surface area contributed by atoms with Crippen molar-refractivity contribution in [3.05, 3.63) is 34.9 Å². The van der Waals surface area contributed by atoms with E-state index in [1.165, 1.54) is 0 Å². The van der Waals surface area contributed by atoms with Gasteiger partial charge in [-0.1, -0.05) is 56.5 Å². The van der Waals surface area contributed by atoms with E-state index in [1.54, 1.807) is 0 Å². The van der Waals surface area contributed by atoms with Crippen LogP contribution in [-0.4, -0.2) is 11.2 Å². The van der Waals surface area contributed by atoms with Gasteiger partial charge in [-0.2, -0.15) is 0 Å². The topological polar surface area (TPSA) is 20.2 Å². The molecule has 17 heavy (non-hydrogen) atoms. The number of benzene rings is 1. The molecular weight excluding hydrogens is 232 g/mol. The van der Waals surface area contributed by atoms with Crippen LogP contribution in [0.15, 0.2) is 24.3 Å². The van der Waals surface area contributed by atoms with Crippen LogP contribution in [0.2, 0.25) is 5.02 Å². The number of rotatable bonds is 7. The van der Waals surface area contributed by atoms with Crippen LogP contribution in [0.1, 0.15) is 45.1 Å². The molecule has 0 aliphatic rings. The van der Waals surface area contributed by atoms with Crippen molar-refractivity contribution in [3.8, 4) is 0 Å². The Morgan fingerprint density at radius 3 is 2.24 bits per heavy atom. The Morgan fingerprint density at radius 1 is 1.12 bits per heavy atom. The number of aliphatic hydroxyl groups is 1. The lowest BCUT2D eigenvalue weighted by molar-refractivity contribution is 0.0963. The summed E-state index contributed by atoms with van der Waals surface area (Å²) < 4.78 is 0. The first kappa shape index (κ1) is 14.5. The fourth-order valence-corrected chi connectivity index (χ4v) is 2.54. The first-order valence-electron chi connectivity index (χ1n) is 6.60. The summed E-state index contributed by atoms with van der Waals surface area (Å²) in [6.07, 6.45) is 4.85. The zero-order chi connectivity index (χ0) is 12.7. The van der Waals surface area contributed by atoms with Crippen molar-refractivity contribution >= 4 is 11.6 Å². The predicted octanol–water partition coefficient (Wildman–Crippen LogP) is 4.46. The standard InChI is InChI=1S/C15H23ClO/c1-3-7-12(8-4-2)15(17)11-13-9-5-6-10-14(13)16/h5-6,9-10,12,15,17H,3-4,7-8,11H2,1-2H3. The van der Waals surface area contributed by atoms with Gasteiger partial charge in [0, 0.05) is 11.4 Å². The van der Waals surface area contributed by atoms with Gasteiger partial charge in [0.1, 0.15) is 0 Å². The van der Waals surface area contributed by atoms with Gasteiger partial charge in [0.15, 0.2) is 0 Å².